The highest BCUT2D eigenvalue weighted by Crippen LogP contribution is 2.21. The summed E-state index contributed by atoms with van der Waals surface area (Å²) < 4.78 is 6.08. The Morgan fingerprint density at radius 3 is 2.38 bits per heavy atom. The first-order chi connectivity index (χ1) is 13.8. The van der Waals surface area contributed by atoms with E-state index < -0.39 is 0 Å². The first-order valence-corrected chi connectivity index (χ1v) is 10.2. The lowest BCUT2D eigenvalue weighted by molar-refractivity contribution is -0.134. The largest absolute Gasteiger partial charge is 0.490 e. The van der Waals surface area contributed by atoms with Crippen LogP contribution in [0, 0.1) is 0 Å². The monoisotopic (exact) mass is 403 g/mol. The molecular weight excluding hydrogens is 370 g/mol. The van der Waals surface area contributed by atoms with Crippen LogP contribution in [0.3, 0.4) is 0 Å². The first kappa shape index (κ1) is 22.9. The zero-order valence-electron chi connectivity index (χ0n) is 18.0. The van der Waals surface area contributed by atoms with Gasteiger partial charge >= 0.3 is 0 Å². The molecule has 7 nitrogen and oxygen atoms in total. The molecule has 0 aromatic heterocycles. The number of nitrogens with zero attached hydrogens (tertiary/aromatic N) is 3. The van der Waals surface area contributed by atoms with E-state index in [1.807, 2.05) is 36.0 Å². The lowest BCUT2D eigenvalue weighted by atomic mass is 10.1. The Morgan fingerprint density at radius 2 is 1.76 bits per heavy atom. The molecule has 160 valence electrons. The molecule has 0 bridgehead atoms. The highest BCUT2D eigenvalue weighted by Gasteiger charge is 2.24. The van der Waals surface area contributed by atoms with Crippen LogP contribution in [-0.2, 0) is 9.59 Å². The fourth-order valence-electron chi connectivity index (χ4n) is 3.23. The van der Waals surface area contributed by atoms with E-state index in [1.54, 1.807) is 24.1 Å². The maximum Gasteiger partial charge on any atom is 0.253 e. The van der Waals surface area contributed by atoms with Crippen LogP contribution in [0.15, 0.2) is 24.3 Å². The van der Waals surface area contributed by atoms with Crippen LogP contribution in [0.25, 0.3) is 0 Å². The number of amides is 2. The molecule has 1 saturated heterocycles. The van der Waals surface area contributed by atoms with E-state index in [-0.39, 0.29) is 30.1 Å². The number of piperidine rings is 1. The molecule has 0 radical (unpaired) electrons. The van der Waals surface area contributed by atoms with Crippen LogP contribution >= 0.6 is 0 Å². The number of Topliss-reactive ketones (excluding diaryl/α,β-unsaturated/α-hetero) is 1. The zero-order valence-corrected chi connectivity index (χ0v) is 18.0. The van der Waals surface area contributed by atoms with Crippen LogP contribution in [-0.4, -0.2) is 85.7 Å². The number of rotatable bonds is 9. The maximum absolute atomic E-state index is 12.6. The van der Waals surface area contributed by atoms with Gasteiger partial charge in [0.1, 0.15) is 17.6 Å². The van der Waals surface area contributed by atoms with Crippen LogP contribution in [0.5, 0.6) is 5.75 Å². The fraction of sp³-hybridized carbons (Fsp3) is 0.591. The van der Waals surface area contributed by atoms with Crippen molar-refractivity contribution in [3.05, 3.63) is 29.8 Å². The fourth-order valence-corrected chi connectivity index (χ4v) is 3.23. The van der Waals surface area contributed by atoms with E-state index in [0.717, 1.165) is 19.4 Å². The van der Waals surface area contributed by atoms with Crippen molar-refractivity contribution in [1.29, 1.82) is 0 Å². The summed E-state index contributed by atoms with van der Waals surface area (Å²) in [5.41, 5.74) is 0.612. The van der Waals surface area contributed by atoms with E-state index in [0.29, 0.717) is 37.4 Å². The molecule has 0 spiro atoms. The van der Waals surface area contributed by atoms with Crippen LogP contribution in [0.4, 0.5) is 0 Å². The predicted molar refractivity (Wildman–Crippen MR) is 112 cm³/mol. The minimum atomic E-state index is -0.0248. The van der Waals surface area contributed by atoms with Crippen molar-refractivity contribution < 1.29 is 19.1 Å². The predicted octanol–water partition coefficient (Wildman–Crippen LogP) is 2.06. The summed E-state index contributed by atoms with van der Waals surface area (Å²) in [6, 6.07) is 7.29. The molecule has 1 aromatic rings. The topological polar surface area (TPSA) is 70.2 Å². The van der Waals surface area contributed by atoms with Crippen molar-refractivity contribution in [2.45, 2.75) is 38.7 Å². The van der Waals surface area contributed by atoms with Gasteiger partial charge in [-0.25, -0.2) is 0 Å². The lowest BCUT2D eigenvalue weighted by Gasteiger charge is -2.32. The molecule has 1 aliphatic rings. The molecule has 1 aromatic carbocycles. The van der Waals surface area contributed by atoms with Gasteiger partial charge in [0, 0.05) is 64.5 Å². The summed E-state index contributed by atoms with van der Waals surface area (Å²) in [5, 5.41) is 0. The Labute approximate surface area is 173 Å². The van der Waals surface area contributed by atoms with Gasteiger partial charge in [0.2, 0.25) is 5.91 Å². The van der Waals surface area contributed by atoms with Crippen molar-refractivity contribution in [2.24, 2.45) is 0 Å². The molecule has 1 fully saturated rings. The van der Waals surface area contributed by atoms with Gasteiger partial charge in [0.15, 0.2) is 0 Å². The molecule has 2 amide bonds. The number of likely N-dealkylation sites (N-methyl/N-ethyl adjacent to an activating group) is 2. The minimum absolute atomic E-state index is 0.0173. The van der Waals surface area contributed by atoms with Gasteiger partial charge in [-0.15, -0.1) is 0 Å². The van der Waals surface area contributed by atoms with E-state index in [4.69, 9.17) is 4.74 Å². The van der Waals surface area contributed by atoms with Gasteiger partial charge in [-0.3, -0.25) is 9.59 Å². The Bertz CT molecular complexity index is 712. The third-order valence-electron chi connectivity index (χ3n) is 5.10. The molecule has 7 heteroatoms. The minimum Gasteiger partial charge on any atom is -0.490 e. The Balaban J connectivity index is 1.85. The van der Waals surface area contributed by atoms with Gasteiger partial charge < -0.3 is 24.2 Å². The van der Waals surface area contributed by atoms with Gasteiger partial charge in [-0.2, -0.15) is 0 Å². The summed E-state index contributed by atoms with van der Waals surface area (Å²) in [5.74, 6) is 0.728. The standard InChI is InChI=1S/C22H33N3O4/c1-17(26)8-9-21(27)25-12-10-19(11-13-25)29-20-7-5-6-18(16-20)22(28)24(4)15-14-23(2)3/h5-7,16,19H,8-15H2,1-4H3. The smallest absolute Gasteiger partial charge is 0.253 e. The summed E-state index contributed by atoms with van der Waals surface area (Å²) >= 11 is 0. The summed E-state index contributed by atoms with van der Waals surface area (Å²) in [7, 11) is 5.77. The van der Waals surface area contributed by atoms with Gasteiger partial charge in [-0.05, 0) is 39.2 Å². The van der Waals surface area contributed by atoms with Crippen molar-refractivity contribution >= 4 is 17.6 Å². The number of ether oxygens (including phenoxy) is 1. The quantitative estimate of drug-likeness (QED) is 0.631. The zero-order chi connectivity index (χ0) is 21.4. The number of benzene rings is 1. The molecule has 29 heavy (non-hydrogen) atoms. The molecule has 0 unspecified atom stereocenters. The molecular formula is C22H33N3O4. The lowest BCUT2D eigenvalue weighted by Crippen LogP contribution is -2.41. The Hall–Kier alpha value is -2.41. The van der Waals surface area contributed by atoms with E-state index in [9.17, 15) is 14.4 Å². The second-order valence-corrected chi connectivity index (χ2v) is 7.96. The molecule has 0 atom stereocenters. The van der Waals surface area contributed by atoms with Crippen LogP contribution < -0.4 is 4.74 Å². The second-order valence-electron chi connectivity index (χ2n) is 7.96. The number of ketones is 1. The number of carbonyl (C=O) groups is 3. The number of carbonyl (C=O) groups excluding carboxylic acids is 3. The third kappa shape index (κ3) is 7.49. The highest BCUT2D eigenvalue weighted by molar-refractivity contribution is 5.94. The summed E-state index contributed by atoms with van der Waals surface area (Å²) in [6.45, 7) is 4.24. The van der Waals surface area contributed by atoms with Crippen molar-refractivity contribution in [3.63, 3.8) is 0 Å². The maximum atomic E-state index is 12.6. The van der Waals surface area contributed by atoms with Gasteiger partial charge in [-0.1, -0.05) is 6.07 Å². The molecule has 1 aliphatic heterocycles. The van der Waals surface area contributed by atoms with Crippen molar-refractivity contribution in [2.75, 3.05) is 47.3 Å². The van der Waals surface area contributed by atoms with Gasteiger partial charge in [0.05, 0.1) is 0 Å². The summed E-state index contributed by atoms with van der Waals surface area (Å²) in [6.07, 6.45) is 2.09. The first-order valence-electron chi connectivity index (χ1n) is 10.2. The number of likely N-dealkylation sites (tertiary alicyclic amines) is 1. The van der Waals surface area contributed by atoms with E-state index in [2.05, 4.69) is 0 Å². The molecule has 0 N–H and O–H groups in total. The number of hydrogen-bond acceptors (Lipinski definition) is 5. The number of hydrogen-bond donors (Lipinski definition) is 0. The van der Waals surface area contributed by atoms with Crippen molar-refractivity contribution in [1.82, 2.24) is 14.7 Å². The normalized spacial score (nSPS) is 14.7. The van der Waals surface area contributed by atoms with Crippen molar-refractivity contribution in [3.8, 4) is 5.75 Å². The molecule has 0 saturated carbocycles. The molecule has 0 aliphatic carbocycles. The average Bonchev–Trinajstić information content (AvgIpc) is 2.70. The second kappa shape index (κ2) is 11.0. The average molecular weight is 404 g/mol. The van der Waals surface area contributed by atoms with Crippen LogP contribution in [0.1, 0.15) is 43.0 Å². The summed E-state index contributed by atoms with van der Waals surface area (Å²) in [4.78, 5) is 41.4. The van der Waals surface area contributed by atoms with Crippen LogP contribution in [0.2, 0.25) is 0 Å². The third-order valence-corrected chi connectivity index (χ3v) is 5.10. The van der Waals surface area contributed by atoms with E-state index >= 15 is 0 Å². The molecule has 1 heterocycles. The Kier molecular flexibility index (Phi) is 8.64. The van der Waals surface area contributed by atoms with E-state index in [1.165, 1.54) is 6.92 Å². The highest BCUT2D eigenvalue weighted by atomic mass is 16.5. The molecule has 2 rings (SSSR count). The van der Waals surface area contributed by atoms with Gasteiger partial charge in [0.25, 0.3) is 5.91 Å². The Morgan fingerprint density at radius 1 is 1.07 bits per heavy atom. The SMILES string of the molecule is CC(=O)CCC(=O)N1CCC(Oc2cccc(C(=O)N(C)CCN(C)C)c2)CC1.